The van der Waals surface area contributed by atoms with Gasteiger partial charge in [-0.25, -0.2) is 0 Å². The summed E-state index contributed by atoms with van der Waals surface area (Å²) in [6, 6.07) is 3.68. The summed E-state index contributed by atoms with van der Waals surface area (Å²) < 4.78 is 0. The number of carboxylic acid groups (broad SMARTS) is 1. The predicted molar refractivity (Wildman–Crippen MR) is 61.4 cm³/mol. The van der Waals surface area contributed by atoms with Gasteiger partial charge in [0.2, 0.25) is 0 Å². The summed E-state index contributed by atoms with van der Waals surface area (Å²) in [7, 11) is 0. The fourth-order valence-corrected chi connectivity index (χ4v) is 2.01. The number of phenolic OH excluding ortho intramolecular Hbond substituents is 2. The van der Waals surface area contributed by atoms with Crippen LogP contribution in [-0.4, -0.2) is 45.2 Å². The Balaban J connectivity index is 1.99. The molecule has 3 N–H and O–H groups in total. The third-order valence-electron chi connectivity index (χ3n) is 2.86. The second-order valence-corrected chi connectivity index (χ2v) is 4.41. The van der Waals surface area contributed by atoms with Crippen molar-refractivity contribution in [3.63, 3.8) is 0 Å². The summed E-state index contributed by atoms with van der Waals surface area (Å²) in [6.45, 7) is 0.781. The number of phenols is 2. The van der Waals surface area contributed by atoms with Crippen LogP contribution in [0.1, 0.15) is 16.8 Å². The standard InChI is InChI=1S/C12H13NO5/c14-9-2-8(3-10(15)4-9)12(18)13-5-7(6-13)1-11(16)17/h2-4,7,14-15H,1,5-6H2,(H,16,17). The van der Waals surface area contributed by atoms with Crippen LogP contribution in [0.5, 0.6) is 11.5 Å². The van der Waals surface area contributed by atoms with Gasteiger partial charge in [-0.3, -0.25) is 9.59 Å². The van der Waals surface area contributed by atoms with Crippen LogP contribution in [0.25, 0.3) is 0 Å². The van der Waals surface area contributed by atoms with E-state index in [0.29, 0.717) is 13.1 Å². The molecule has 0 unspecified atom stereocenters. The van der Waals surface area contributed by atoms with Gasteiger partial charge in [-0.15, -0.1) is 0 Å². The summed E-state index contributed by atoms with van der Waals surface area (Å²) in [5.41, 5.74) is 0.196. The molecule has 1 aromatic rings. The number of aromatic hydroxyl groups is 2. The van der Waals surface area contributed by atoms with E-state index in [4.69, 9.17) is 5.11 Å². The second-order valence-electron chi connectivity index (χ2n) is 4.41. The van der Waals surface area contributed by atoms with Crippen LogP contribution in [0.15, 0.2) is 18.2 Å². The Kier molecular flexibility index (Phi) is 3.10. The van der Waals surface area contributed by atoms with Crippen molar-refractivity contribution < 1.29 is 24.9 Å². The van der Waals surface area contributed by atoms with Crippen molar-refractivity contribution in [2.24, 2.45) is 5.92 Å². The molecule has 0 aliphatic carbocycles. The number of benzene rings is 1. The Morgan fingerprint density at radius 2 is 1.72 bits per heavy atom. The van der Waals surface area contributed by atoms with Gasteiger partial charge < -0.3 is 20.2 Å². The zero-order chi connectivity index (χ0) is 13.3. The number of likely N-dealkylation sites (tertiary alicyclic amines) is 1. The molecule has 1 aliphatic rings. The molecule has 1 fully saturated rings. The number of carbonyl (C=O) groups is 2. The van der Waals surface area contributed by atoms with E-state index in [1.807, 2.05) is 0 Å². The molecule has 96 valence electrons. The van der Waals surface area contributed by atoms with E-state index in [-0.39, 0.29) is 35.3 Å². The zero-order valence-corrected chi connectivity index (χ0v) is 9.54. The van der Waals surface area contributed by atoms with Crippen molar-refractivity contribution in [2.75, 3.05) is 13.1 Å². The Morgan fingerprint density at radius 1 is 1.17 bits per heavy atom. The van der Waals surface area contributed by atoms with E-state index < -0.39 is 5.97 Å². The average Bonchev–Trinajstić information content (AvgIpc) is 2.20. The van der Waals surface area contributed by atoms with E-state index in [1.165, 1.54) is 17.0 Å². The molecular formula is C12H13NO5. The number of rotatable bonds is 3. The predicted octanol–water partition coefficient (Wildman–Crippen LogP) is 0.644. The number of carboxylic acids is 1. The lowest BCUT2D eigenvalue weighted by Gasteiger charge is -2.38. The first-order chi connectivity index (χ1) is 8.45. The molecular weight excluding hydrogens is 238 g/mol. The van der Waals surface area contributed by atoms with Crippen LogP contribution < -0.4 is 0 Å². The molecule has 1 amide bonds. The summed E-state index contributed by atoms with van der Waals surface area (Å²) in [6.07, 6.45) is 0.0507. The SMILES string of the molecule is O=C(O)CC1CN(C(=O)c2cc(O)cc(O)c2)C1. The summed E-state index contributed by atoms with van der Waals surface area (Å²) in [5.74, 6) is -1.57. The molecule has 1 heterocycles. The van der Waals surface area contributed by atoms with Crippen LogP contribution in [0.4, 0.5) is 0 Å². The van der Waals surface area contributed by atoms with Gasteiger partial charge in [-0.05, 0) is 12.1 Å². The van der Waals surface area contributed by atoms with Crippen molar-refractivity contribution in [3.05, 3.63) is 23.8 Å². The minimum absolute atomic E-state index is 0.0163. The number of hydrogen-bond donors (Lipinski definition) is 3. The van der Waals surface area contributed by atoms with Crippen LogP contribution in [-0.2, 0) is 4.79 Å². The van der Waals surface area contributed by atoms with Crippen molar-refractivity contribution in [3.8, 4) is 11.5 Å². The highest BCUT2D eigenvalue weighted by molar-refractivity contribution is 5.95. The Morgan fingerprint density at radius 3 is 2.22 bits per heavy atom. The van der Waals surface area contributed by atoms with Crippen LogP contribution in [0.3, 0.4) is 0 Å². The molecule has 0 aromatic heterocycles. The van der Waals surface area contributed by atoms with Crippen LogP contribution >= 0.6 is 0 Å². The lowest BCUT2D eigenvalue weighted by atomic mass is 9.95. The Bertz CT molecular complexity index is 473. The van der Waals surface area contributed by atoms with Crippen molar-refractivity contribution >= 4 is 11.9 Å². The van der Waals surface area contributed by atoms with Gasteiger partial charge in [0.25, 0.3) is 5.91 Å². The quantitative estimate of drug-likeness (QED) is 0.732. The average molecular weight is 251 g/mol. The highest BCUT2D eigenvalue weighted by atomic mass is 16.4. The summed E-state index contributed by atoms with van der Waals surface area (Å²) in [4.78, 5) is 23.9. The van der Waals surface area contributed by atoms with Crippen molar-refractivity contribution in [1.82, 2.24) is 4.90 Å². The van der Waals surface area contributed by atoms with E-state index >= 15 is 0 Å². The molecule has 6 heteroatoms. The maximum Gasteiger partial charge on any atom is 0.303 e. The molecule has 0 spiro atoms. The van der Waals surface area contributed by atoms with Gasteiger partial charge in [-0.2, -0.15) is 0 Å². The molecule has 0 saturated carbocycles. The van der Waals surface area contributed by atoms with Crippen LogP contribution in [0, 0.1) is 5.92 Å². The van der Waals surface area contributed by atoms with Gasteiger partial charge in [0.15, 0.2) is 0 Å². The second kappa shape index (κ2) is 4.56. The topological polar surface area (TPSA) is 98.1 Å². The highest BCUT2D eigenvalue weighted by Gasteiger charge is 2.32. The van der Waals surface area contributed by atoms with Gasteiger partial charge in [0, 0.05) is 30.6 Å². The van der Waals surface area contributed by atoms with Crippen molar-refractivity contribution in [1.29, 1.82) is 0 Å². The fraction of sp³-hybridized carbons (Fsp3) is 0.333. The van der Waals surface area contributed by atoms with E-state index in [0.717, 1.165) is 6.07 Å². The lowest BCUT2D eigenvalue weighted by molar-refractivity contribution is -0.139. The van der Waals surface area contributed by atoms with E-state index in [1.54, 1.807) is 0 Å². The third-order valence-corrected chi connectivity index (χ3v) is 2.86. The van der Waals surface area contributed by atoms with Crippen molar-refractivity contribution in [2.45, 2.75) is 6.42 Å². The molecule has 18 heavy (non-hydrogen) atoms. The largest absolute Gasteiger partial charge is 0.508 e. The number of hydrogen-bond acceptors (Lipinski definition) is 4. The number of amides is 1. The van der Waals surface area contributed by atoms with E-state index in [2.05, 4.69) is 0 Å². The maximum absolute atomic E-state index is 11.9. The molecule has 1 aromatic carbocycles. The number of carbonyl (C=O) groups excluding carboxylic acids is 1. The highest BCUT2D eigenvalue weighted by Crippen LogP contribution is 2.25. The molecule has 0 radical (unpaired) electrons. The minimum Gasteiger partial charge on any atom is -0.508 e. The molecule has 1 aliphatic heterocycles. The lowest BCUT2D eigenvalue weighted by Crippen LogP contribution is -2.50. The summed E-state index contributed by atoms with van der Waals surface area (Å²) in [5, 5.41) is 27.1. The first-order valence-corrected chi connectivity index (χ1v) is 5.50. The first kappa shape index (κ1) is 12.2. The first-order valence-electron chi connectivity index (χ1n) is 5.50. The zero-order valence-electron chi connectivity index (χ0n) is 9.54. The van der Waals surface area contributed by atoms with Crippen LogP contribution in [0.2, 0.25) is 0 Å². The third kappa shape index (κ3) is 2.53. The molecule has 2 rings (SSSR count). The monoisotopic (exact) mass is 251 g/mol. The Hall–Kier alpha value is -2.24. The van der Waals surface area contributed by atoms with Gasteiger partial charge in [0.1, 0.15) is 11.5 Å². The van der Waals surface area contributed by atoms with E-state index in [9.17, 15) is 19.8 Å². The van der Waals surface area contributed by atoms with Gasteiger partial charge in [0.05, 0.1) is 6.42 Å². The van der Waals surface area contributed by atoms with Gasteiger partial charge in [-0.1, -0.05) is 0 Å². The number of nitrogens with zero attached hydrogens (tertiary/aromatic N) is 1. The maximum atomic E-state index is 11.9. The fourth-order valence-electron chi connectivity index (χ4n) is 2.01. The normalized spacial score (nSPS) is 15.2. The molecule has 0 atom stereocenters. The molecule has 0 bridgehead atoms. The summed E-state index contributed by atoms with van der Waals surface area (Å²) >= 11 is 0. The minimum atomic E-state index is -0.873. The Labute approximate surface area is 103 Å². The smallest absolute Gasteiger partial charge is 0.303 e. The van der Waals surface area contributed by atoms with Gasteiger partial charge >= 0.3 is 5.97 Å². The molecule has 1 saturated heterocycles. The molecule has 6 nitrogen and oxygen atoms in total. The number of aliphatic carboxylic acids is 1.